The molecule has 1 N–H and O–H groups in total. The van der Waals surface area contributed by atoms with Crippen LogP contribution >= 0.6 is 15.9 Å². The van der Waals surface area contributed by atoms with E-state index >= 15 is 0 Å². The van der Waals surface area contributed by atoms with Gasteiger partial charge in [-0.15, -0.1) is 0 Å². The lowest BCUT2D eigenvalue weighted by Gasteiger charge is -2.33. The van der Waals surface area contributed by atoms with E-state index in [0.29, 0.717) is 45.7 Å². The van der Waals surface area contributed by atoms with Crippen molar-refractivity contribution in [2.24, 2.45) is 0 Å². The molecule has 1 aliphatic heterocycles. The van der Waals surface area contributed by atoms with Crippen LogP contribution in [-0.4, -0.2) is 68.1 Å². The summed E-state index contributed by atoms with van der Waals surface area (Å²) in [4.78, 5) is 13.8. The summed E-state index contributed by atoms with van der Waals surface area (Å²) in [6.45, 7) is 3.25. The van der Waals surface area contributed by atoms with Gasteiger partial charge in [-0.1, -0.05) is 15.9 Å². The first-order valence-electron chi connectivity index (χ1n) is 8.24. The van der Waals surface area contributed by atoms with Crippen LogP contribution in [0.3, 0.4) is 0 Å². The van der Waals surface area contributed by atoms with E-state index in [1.165, 1.54) is 16.4 Å². The van der Waals surface area contributed by atoms with Crippen molar-refractivity contribution in [2.75, 3.05) is 44.6 Å². The summed E-state index contributed by atoms with van der Waals surface area (Å²) in [5.74, 6) is -0.418. The topological polar surface area (TPSA) is 69.7 Å². The van der Waals surface area contributed by atoms with Crippen molar-refractivity contribution < 1.29 is 17.6 Å². The van der Waals surface area contributed by atoms with E-state index < -0.39 is 15.8 Å². The molecule has 1 aliphatic rings. The van der Waals surface area contributed by atoms with Gasteiger partial charge in [0.15, 0.2) is 0 Å². The molecule has 0 saturated carbocycles. The second kappa shape index (κ2) is 9.61. The fraction of sp³-hybridized carbons (Fsp3) is 0.562. The van der Waals surface area contributed by atoms with Crippen LogP contribution in [0.15, 0.2) is 29.2 Å². The number of carbonyl (C=O) groups excluding carboxylic acids is 1. The number of alkyl halides is 1. The summed E-state index contributed by atoms with van der Waals surface area (Å²) in [5, 5.41) is 3.68. The van der Waals surface area contributed by atoms with Gasteiger partial charge in [0.25, 0.3) is 0 Å². The quantitative estimate of drug-likeness (QED) is 0.626. The fourth-order valence-corrected chi connectivity index (χ4v) is 4.32. The molecular weight excluding hydrogens is 413 g/mol. The minimum Gasteiger partial charge on any atom is -0.355 e. The van der Waals surface area contributed by atoms with Crippen molar-refractivity contribution in [3.05, 3.63) is 30.1 Å². The fourth-order valence-electron chi connectivity index (χ4n) is 2.62. The molecule has 25 heavy (non-hydrogen) atoms. The average Bonchev–Trinajstić information content (AvgIpc) is 2.61. The van der Waals surface area contributed by atoms with Gasteiger partial charge in [-0.3, -0.25) is 9.69 Å². The van der Waals surface area contributed by atoms with Gasteiger partial charge in [-0.2, -0.15) is 4.31 Å². The number of carbonyl (C=O) groups is 1. The van der Waals surface area contributed by atoms with Crippen LogP contribution < -0.4 is 5.32 Å². The Morgan fingerprint density at radius 2 is 1.80 bits per heavy atom. The van der Waals surface area contributed by atoms with E-state index in [1.54, 1.807) is 0 Å². The van der Waals surface area contributed by atoms with Gasteiger partial charge in [0.1, 0.15) is 5.82 Å². The highest BCUT2D eigenvalue weighted by atomic mass is 79.9. The van der Waals surface area contributed by atoms with Crippen LogP contribution in [0.25, 0.3) is 0 Å². The molecule has 0 aliphatic carbocycles. The first-order valence-corrected chi connectivity index (χ1v) is 10.8. The minimum atomic E-state index is -3.58. The molecule has 140 valence electrons. The first kappa shape index (κ1) is 20.3. The molecule has 0 bridgehead atoms. The lowest BCUT2D eigenvalue weighted by molar-refractivity contribution is -0.121. The number of piperazine rings is 1. The predicted molar refractivity (Wildman–Crippen MR) is 97.6 cm³/mol. The third kappa shape index (κ3) is 6.02. The molecule has 1 saturated heterocycles. The second-order valence-electron chi connectivity index (χ2n) is 5.84. The molecule has 9 heteroatoms. The Morgan fingerprint density at radius 3 is 2.40 bits per heavy atom. The molecule has 1 aromatic carbocycles. The molecule has 6 nitrogen and oxygen atoms in total. The van der Waals surface area contributed by atoms with Crippen LogP contribution in [0.1, 0.15) is 12.8 Å². The van der Waals surface area contributed by atoms with Crippen LogP contribution in [0.2, 0.25) is 0 Å². The summed E-state index contributed by atoms with van der Waals surface area (Å²) < 4.78 is 39.5. The van der Waals surface area contributed by atoms with Gasteiger partial charge in [-0.05, 0) is 30.7 Å². The lowest BCUT2D eigenvalue weighted by Crippen LogP contribution is -2.50. The molecule has 1 amide bonds. The van der Waals surface area contributed by atoms with Crippen molar-refractivity contribution in [1.29, 1.82) is 0 Å². The smallest absolute Gasteiger partial charge is 0.243 e. The van der Waals surface area contributed by atoms with Crippen molar-refractivity contribution in [3.63, 3.8) is 0 Å². The molecule has 2 rings (SSSR count). The van der Waals surface area contributed by atoms with Crippen molar-refractivity contribution in [1.82, 2.24) is 14.5 Å². The number of hydrogen-bond donors (Lipinski definition) is 1. The number of rotatable bonds is 8. The minimum absolute atomic E-state index is 0.0389. The van der Waals surface area contributed by atoms with Crippen LogP contribution in [0.5, 0.6) is 0 Å². The van der Waals surface area contributed by atoms with Crippen LogP contribution in [0, 0.1) is 5.82 Å². The van der Waals surface area contributed by atoms with Gasteiger partial charge in [-0.25, -0.2) is 12.8 Å². The van der Waals surface area contributed by atoms with E-state index in [0.717, 1.165) is 23.9 Å². The Hall–Kier alpha value is -1.03. The third-order valence-corrected chi connectivity index (χ3v) is 6.54. The van der Waals surface area contributed by atoms with E-state index in [9.17, 15) is 17.6 Å². The summed E-state index contributed by atoms with van der Waals surface area (Å²) in [7, 11) is -3.58. The monoisotopic (exact) mass is 435 g/mol. The van der Waals surface area contributed by atoms with Gasteiger partial charge < -0.3 is 5.32 Å². The number of nitrogens with one attached hydrogen (secondary N) is 1. The highest BCUT2D eigenvalue weighted by Crippen LogP contribution is 2.17. The number of sulfonamides is 1. The van der Waals surface area contributed by atoms with Crippen molar-refractivity contribution in [3.8, 4) is 0 Å². The Morgan fingerprint density at radius 1 is 1.16 bits per heavy atom. The molecule has 0 atom stereocenters. The molecular formula is C16H23BrFN3O3S. The molecule has 0 spiro atoms. The van der Waals surface area contributed by atoms with Crippen molar-refractivity contribution >= 4 is 31.9 Å². The molecule has 1 aromatic rings. The SMILES string of the molecule is O=C(CCCBr)NCCN1CCN(S(=O)(=O)c2ccc(F)cc2)CC1. The number of nitrogens with zero attached hydrogens (tertiary/aromatic N) is 2. The van der Waals surface area contributed by atoms with Gasteiger partial charge in [0, 0.05) is 51.0 Å². The zero-order valence-corrected chi connectivity index (χ0v) is 16.4. The second-order valence-corrected chi connectivity index (χ2v) is 8.57. The van der Waals surface area contributed by atoms with E-state index in [4.69, 9.17) is 0 Å². The number of amides is 1. The highest BCUT2D eigenvalue weighted by molar-refractivity contribution is 9.09. The Bertz CT molecular complexity index is 662. The molecule has 0 radical (unpaired) electrons. The zero-order valence-electron chi connectivity index (χ0n) is 14.0. The maximum atomic E-state index is 13.0. The van der Waals surface area contributed by atoms with Gasteiger partial charge in [0.05, 0.1) is 4.90 Å². The molecule has 1 heterocycles. The Labute approximate surface area is 156 Å². The largest absolute Gasteiger partial charge is 0.355 e. The average molecular weight is 436 g/mol. The lowest BCUT2D eigenvalue weighted by atomic mass is 10.3. The predicted octanol–water partition coefficient (Wildman–Crippen LogP) is 1.42. The van der Waals surface area contributed by atoms with Crippen LogP contribution in [0.4, 0.5) is 4.39 Å². The normalized spacial score (nSPS) is 16.7. The Kier molecular flexibility index (Phi) is 7.80. The first-order chi connectivity index (χ1) is 11.9. The van der Waals surface area contributed by atoms with Gasteiger partial charge in [0.2, 0.25) is 15.9 Å². The molecule has 1 fully saturated rings. The summed E-state index contributed by atoms with van der Waals surface area (Å²) >= 11 is 3.29. The maximum absolute atomic E-state index is 13.0. The van der Waals surface area contributed by atoms with E-state index in [2.05, 4.69) is 26.1 Å². The van der Waals surface area contributed by atoms with Crippen molar-refractivity contribution in [2.45, 2.75) is 17.7 Å². The maximum Gasteiger partial charge on any atom is 0.243 e. The molecule has 0 unspecified atom stereocenters. The standard InChI is InChI=1S/C16H23BrFN3O3S/c17-7-1-2-16(22)19-8-9-20-10-12-21(13-11-20)25(23,24)15-5-3-14(18)4-6-15/h3-6H,1-2,7-13H2,(H,19,22). The summed E-state index contributed by atoms with van der Waals surface area (Å²) in [6, 6.07) is 4.89. The Balaban J connectivity index is 1.77. The number of benzene rings is 1. The number of hydrogen-bond acceptors (Lipinski definition) is 4. The summed E-state index contributed by atoms with van der Waals surface area (Å²) in [6.07, 6.45) is 1.32. The molecule has 0 aromatic heterocycles. The number of halogens is 2. The zero-order chi connectivity index (χ0) is 18.3. The van der Waals surface area contributed by atoms with E-state index in [1.807, 2.05) is 0 Å². The summed E-state index contributed by atoms with van der Waals surface area (Å²) in [5.41, 5.74) is 0. The van der Waals surface area contributed by atoms with Gasteiger partial charge >= 0.3 is 0 Å². The van der Waals surface area contributed by atoms with Crippen LogP contribution in [-0.2, 0) is 14.8 Å². The third-order valence-electron chi connectivity index (χ3n) is 4.07. The highest BCUT2D eigenvalue weighted by Gasteiger charge is 2.28. The van der Waals surface area contributed by atoms with E-state index in [-0.39, 0.29) is 10.8 Å².